The van der Waals surface area contributed by atoms with Crippen LogP contribution in [0.2, 0.25) is 0 Å². The van der Waals surface area contributed by atoms with Gasteiger partial charge in [0.15, 0.2) is 0 Å². The SMILES string of the molecule is O=C(N1CCOCC1)N1CCN(S(=O)(=O)c2ccccc2)CC1. The van der Waals surface area contributed by atoms with Crippen LogP contribution in [0.1, 0.15) is 0 Å². The number of amides is 2. The van der Waals surface area contributed by atoms with Crippen molar-refractivity contribution in [2.75, 3.05) is 52.5 Å². The first kappa shape index (κ1) is 16.2. The number of benzene rings is 1. The molecule has 0 N–H and O–H groups in total. The fraction of sp³-hybridized carbons (Fsp3) is 0.533. The predicted molar refractivity (Wildman–Crippen MR) is 84.6 cm³/mol. The summed E-state index contributed by atoms with van der Waals surface area (Å²) in [6.45, 7) is 3.82. The molecule has 7 nitrogen and oxygen atoms in total. The molecule has 2 aliphatic heterocycles. The van der Waals surface area contributed by atoms with Gasteiger partial charge < -0.3 is 14.5 Å². The van der Waals surface area contributed by atoms with Crippen LogP contribution < -0.4 is 0 Å². The molecule has 2 fully saturated rings. The van der Waals surface area contributed by atoms with E-state index in [2.05, 4.69) is 0 Å². The highest BCUT2D eigenvalue weighted by Gasteiger charge is 2.31. The summed E-state index contributed by atoms with van der Waals surface area (Å²) in [5.41, 5.74) is 0. The lowest BCUT2D eigenvalue weighted by Gasteiger charge is -2.38. The van der Waals surface area contributed by atoms with E-state index in [0.29, 0.717) is 57.4 Å². The lowest BCUT2D eigenvalue weighted by Crippen LogP contribution is -2.55. The summed E-state index contributed by atoms with van der Waals surface area (Å²) < 4.78 is 31.8. The molecule has 1 aromatic carbocycles. The van der Waals surface area contributed by atoms with Gasteiger partial charge in [-0.15, -0.1) is 0 Å². The second-order valence-electron chi connectivity index (χ2n) is 5.59. The van der Waals surface area contributed by atoms with Crippen molar-refractivity contribution in [1.82, 2.24) is 14.1 Å². The van der Waals surface area contributed by atoms with E-state index in [1.54, 1.807) is 40.1 Å². The van der Waals surface area contributed by atoms with Crippen molar-refractivity contribution in [2.24, 2.45) is 0 Å². The van der Waals surface area contributed by atoms with Gasteiger partial charge in [0.1, 0.15) is 0 Å². The van der Waals surface area contributed by atoms with E-state index in [9.17, 15) is 13.2 Å². The van der Waals surface area contributed by atoms with Crippen molar-refractivity contribution in [3.63, 3.8) is 0 Å². The number of ether oxygens (including phenoxy) is 1. The molecule has 0 radical (unpaired) electrons. The maximum atomic E-state index is 12.6. The number of hydrogen-bond acceptors (Lipinski definition) is 4. The number of rotatable bonds is 2. The number of hydrogen-bond donors (Lipinski definition) is 0. The van der Waals surface area contributed by atoms with E-state index >= 15 is 0 Å². The quantitative estimate of drug-likeness (QED) is 0.784. The molecule has 0 aromatic heterocycles. The van der Waals surface area contributed by atoms with Gasteiger partial charge >= 0.3 is 6.03 Å². The minimum absolute atomic E-state index is 0.0231. The second kappa shape index (κ2) is 6.86. The zero-order valence-electron chi connectivity index (χ0n) is 12.9. The number of urea groups is 1. The van der Waals surface area contributed by atoms with Gasteiger partial charge in [-0.2, -0.15) is 4.31 Å². The molecule has 8 heteroatoms. The predicted octanol–water partition coefficient (Wildman–Crippen LogP) is 0.445. The van der Waals surface area contributed by atoms with Gasteiger partial charge in [-0.1, -0.05) is 18.2 Å². The molecule has 0 aliphatic carbocycles. The molecular weight excluding hydrogens is 318 g/mol. The van der Waals surface area contributed by atoms with Crippen LogP contribution >= 0.6 is 0 Å². The van der Waals surface area contributed by atoms with Crippen LogP contribution in [0.25, 0.3) is 0 Å². The first-order chi connectivity index (χ1) is 11.1. The van der Waals surface area contributed by atoms with E-state index < -0.39 is 10.0 Å². The van der Waals surface area contributed by atoms with E-state index in [1.807, 2.05) is 0 Å². The van der Waals surface area contributed by atoms with Crippen LogP contribution in [0.15, 0.2) is 35.2 Å². The molecule has 126 valence electrons. The van der Waals surface area contributed by atoms with Crippen LogP contribution in [0, 0.1) is 0 Å². The Morgan fingerprint density at radius 1 is 0.870 bits per heavy atom. The summed E-state index contributed by atoms with van der Waals surface area (Å²) in [6, 6.07) is 8.39. The summed E-state index contributed by atoms with van der Waals surface area (Å²) in [4.78, 5) is 16.2. The molecule has 2 amide bonds. The van der Waals surface area contributed by atoms with Crippen molar-refractivity contribution in [2.45, 2.75) is 4.90 Å². The molecular formula is C15H21N3O4S. The highest BCUT2D eigenvalue weighted by atomic mass is 32.2. The first-order valence-electron chi connectivity index (χ1n) is 7.76. The highest BCUT2D eigenvalue weighted by Crippen LogP contribution is 2.18. The molecule has 23 heavy (non-hydrogen) atoms. The molecule has 1 aromatic rings. The summed E-state index contributed by atoms with van der Waals surface area (Å²) in [5, 5.41) is 0. The van der Waals surface area contributed by atoms with Gasteiger partial charge in [0, 0.05) is 39.3 Å². The van der Waals surface area contributed by atoms with Gasteiger partial charge in [-0.25, -0.2) is 13.2 Å². The van der Waals surface area contributed by atoms with E-state index in [0.717, 1.165) is 0 Å². The van der Waals surface area contributed by atoms with Crippen molar-refractivity contribution < 1.29 is 17.9 Å². The number of carbonyl (C=O) groups is 1. The fourth-order valence-corrected chi connectivity index (χ4v) is 4.26. The molecule has 0 saturated carbocycles. The van der Waals surface area contributed by atoms with Crippen molar-refractivity contribution >= 4 is 16.1 Å². The Morgan fingerprint density at radius 2 is 1.43 bits per heavy atom. The van der Waals surface area contributed by atoms with Crippen molar-refractivity contribution in [3.8, 4) is 0 Å². The minimum Gasteiger partial charge on any atom is -0.378 e. The second-order valence-corrected chi connectivity index (χ2v) is 7.52. The molecule has 0 atom stereocenters. The van der Waals surface area contributed by atoms with E-state index in [1.165, 1.54) is 4.31 Å². The lowest BCUT2D eigenvalue weighted by molar-refractivity contribution is 0.0405. The average Bonchev–Trinajstić information content (AvgIpc) is 2.63. The largest absolute Gasteiger partial charge is 0.378 e. The third-order valence-corrected chi connectivity index (χ3v) is 6.08. The van der Waals surface area contributed by atoms with Gasteiger partial charge in [0.2, 0.25) is 10.0 Å². The normalized spacial score (nSPS) is 20.5. The highest BCUT2D eigenvalue weighted by molar-refractivity contribution is 7.89. The third kappa shape index (κ3) is 3.49. The van der Waals surface area contributed by atoms with Crippen LogP contribution in [-0.2, 0) is 14.8 Å². The summed E-state index contributed by atoms with van der Waals surface area (Å²) >= 11 is 0. The van der Waals surface area contributed by atoms with Crippen LogP contribution in [0.3, 0.4) is 0 Å². The monoisotopic (exact) mass is 339 g/mol. The number of carbonyl (C=O) groups excluding carboxylic acids is 1. The van der Waals surface area contributed by atoms with Crippen molar-refractivity contribution in [1.29, 1.82) is 0 Å². The molecule has 2 aliphatic rings. The molecule has 0 spiro atoms. The smallest absolute Gasteiger partial charge is 0.320 e. The molecule has 2 heterocycles. The third-order valence-electron chi connectivity index (χ3n) is 4.17. The Balaban J connectivity index is 1.61. The maximum absolute atomic E-state index is 12.6. The number of morpholine rings is 1. The molecule has 2 saturated heterocycles. The molecule has 0 unspecified atom stereocenters. The number of piperazine rings is 1. The van der Waals surface area contributed by atoms with Gasteiger partial charge in [-0.05, 0) is 12.1 Å². The standard InChI is InChI=1S/C15H21N3O4S/c19-15(17-10-12-22-13-11-17)16-6-8-18(9-7-16)23(20,21)14-4-2-1-3-5-14/h1-5H,6-13H2. The Hall–Kier alpha value is -1.64. The van der Waals surface area contributed by atoms with E-state index in [-0.39, 0.29) is 6.03 Å². The zero-order chi connectivity index (χ0) is 16.3. The Kier molecular flexibility index (Phi) is 4.84. The van der Waals surface area contributed by atoms with E-state index in [4.69, 9.17) is 4.74 Å². The lowest BCUT2D eigenvalue weighted by atomic mass is 10.3. The number of sulfonamides is 1. The van der Waals surface area contributed by atoms with Crippen molar-refractivity contribution in [3.05, 3.63) is 30.3 Å². The van der Waals surface area contributed by atoms with Crippen LogP contribution in [0.4, 0.5) is 4.79 Å². The zero-order valence-corrected chi connectivity index (χ0v) is 13.7. The summed E-state index contributed by atoms with van der Waals surface area (Å²) in [7, 11) is -3.47. The van der Waals surface area contributed by atoms with Gasteiger partial charge in [0.05, 0.1) is 18.1 Å². The summed E-state index contributed by atoms with van der Waals surface area (Å²) in [6.07, 6.45) is 0. The number of nitrogens with zero attached hydrogens (tertiary/aromatic N) is 3. The minimum atomic E-state index is -3.47. The van der Waals surface area contributed by atoms with Gasteiger partial charge in [-0.3, -0.25) is 0 Å². The molecule has 3 rings (SSSR count). The summed E-state index contributed by atoms with van der Waals surface area (Å²) in [5.74, 6) is 0. The van der Waals surface area contributed by atoms with Crippen LogP contribution in [0.5, 0.6) is 0 Å². The van der Waals surface area contributed by atoms with Gasteiger partial charge in [0.25, 0.3) is 0 Å². The first-order valence-corrected chi connectivity index (χ1v) is 9.20. The fourth-order valence-electron chi connectivity index (χ4n) is 2.82. The Bertz CT molecular complexity index is 636. The maximum Gasteiger partial charge on any atom is 0.320 e. The molecule has 0 bridgehead atoms. The Labute approximate surface area is 136 Å². The Morgan fingerprint density at radius 3 is 2.04 bits per heavy atom. The van der Waals surface area contributed by atoms with Crippen LogP contribution in [-0.4, -0.2) is 81.0 Å². The topological polar surface area (TPSA) is 70.2 Å². The average molecular weight is 339 g/mol.